The van der Waals surface area contributed by atoms with E-state index in [2.05, 4.69) is 0 Å². The second-order valence-corrected chi connectivity index (χ2v) is 4.70. The maximum Gasteiger partial charge on any atom is 0.307 e. The van der Waals surface area contributed by atoms with Gasteiger partial charge in [0.2, 0.25) is 0 Å². The van der Waals surface area contributed by atoms with Crippen LogP contribution < -0.4 is 0 Å². The first-order valence-electron chi connectivity index (χ1n) is 5.44. The van der Waals surface area contributed by atoms with E-state index >= 15 is 0 Å². The van der Waals surface area contributed by atoms with E-state index in [1.165, 1.54) is 0 Å². The molecule has 2 rings (SSSR count). The fourth-order valence-corrected chi connectivity index (χ4v) is 3.23. The van der Waals surface area contributed by atoms with E-state index < -0.39 is 35.1 Å². The normalized spacial score (nSPS) is 31.2. The van der Waals surface area contributed by atoms with Gasteiger partial charge < -0.3 is 5.11 Å². The third kappa shape index (κ3) is 1.53. The number of carboxylic acid groups (broad SMARTS) is 1. The van der Waals surface area contributed by atoms with Crippen molar-refractivity contribution in [1.29, 1.82) is 0 Å². The Morgan fingerprint density at radius 2 is 1.62 bits per heavy atom. The van der Waals surface area contributed by atoms with E-state index in [0.29, 0.717) is 12.8 Å². The van der Waals surface area contributed by atoms with E-state index in [9.17, 15) is 18.0 Å². The van der Waals surface area contributed by atoms with Crippen LogP contribution in [-0.4, -0.2) is 11.1 Å². The highest BCUT2D eigenvalue weighted by Gasteiger charge is 2.70. The summed E-state index contributed by atoms with van der Waals surface area (Å²) in [7, 11) is 0. The van der Waals surface area contributed by atoms with Crippen molar-refractivity contribution in [3.63, 3.8) is 0 Å². The minimum Gasteiger partial charge on any atom is -0.481 e. The molecule has 2 saturated carbocycles. The van der Waals surface area contributed by atoms with Crippen LogP contribution in [0.25, 0.3) is 0 Å². The molecule has 0 aliphatic heterocycles. The number of rotatable bonds is 2. The molecule has 2 atom stereocenters. The predicted octanol–water partition coefficient (Wildman–Crippen LogP) is 3.35. The fraction of sp³-hybridized carbons (Fsp3) is 0.727. The van der Waals surface area contributed by atoms with Crippen molar-refractivity contribution in [2.24, 2.45) is 17.3 Å². The summed E-state index contributed by atoms with van der Waals surface area (Å²) in [6, 6.07) is 0. The monoisotopic (exact) mass is 234 g/mol. The van der Waals surface area contributed by atoms with Gasteiger partial charge in [-0.2, -0.15) is 8.78 Å². The Morgan fingerprint density at radius 1 is 1.06 bits per heavy atom. The van der Waals surface area contributed by atoms with E-state index in [1.807, 2.05) is 0 Å². The average Bonchev–Trinajstić information content (AvgIpc) is 2.86. The number of carboxylic acids is 1. The molecular formula is C11H13F3O2. The van der Waals surface area contributed by atoms with Crippen molar-refractivity contribution < 1.29 is 23.1 Å². The summed E-state index contributed by atoms with van der Waals surface area (Å²) in [4.78, 5) is 10.9. The molecule has 0 radical (unpaired) electrons. The lowest BCUT2D eigenvalue weighted by Crippen LogP contribution is -2.14. The summed E-state index contributed by atoms with van der Waals surface area (Å²) in [5.41, 5.74) is -0.725. The Labute approximate surface area is 91.1 Å². The number of hydrogen-bond acceptors (Lipinski definition) is 1. The first-order valence-corrected chi connectivity index (χ1v) is 5.44. The molecule has 0 aromatic rings. The number of halogens is 3. The maximum atomic E-state index is 13.2. The molecule has 0 amide bonds. The van der Waals surface area contributed by atoms with Gasteiger partial charge in [0, 0.05) is 5.92 Å². The molecular weight excluding hydrogens is 221 g/mol. The largest absolute Gasteiger partial charge is 0.481 e. The zero-order chi connectivity index (χ0) is 11.9. The predicted molar refractivity (Wildman–Crippen MR) is 50.5 cm³/mol. The summed E-state index contributed by atoms with van der Waals surface area (Å²) in [6.45, 7) is 0. The lowest BCUT2D eigenvalue weighted by Gasteiger charge is -2.22. The molecule has 0 saturated heterocycles. The van der Waals surface area contributed by atoms with E-state index in [-0.39, 0.29) is 0 Å². The molecule has 0 aromatic heterocycles. The first kappa shape index (κ1) is 11.5. The van der Waals surface area contributed by atoms with Crippen molar-refractivity contribution in [3.8, 4) is 0 Å². The molecule has 0 heterocycles. The number of carbonyl (C=O) groups is 1. The lowest BCUT2D eigenvalue weighted by atomic mass is 9.83. The topological polar surface area (TPSA) is 37.3 Å². The first-order chi connectivity index (χ1) is 7.50. The molecule has 5 heteroatoms. The highest BCUT2D eigenvalue weighted by atomic mass is 19.3. The van der Waals surface area contributed by atoms with Gasteiger partial charge in [-0.05, 0) is 18.3 Å². The molecule has 16 heavy (non-hydrogen) atoms. The van der Waals surface area contributed by atoms with Gasteiger partial charge in [0.1, 0.15) is 0 Å². The van der Waals surface area contributed by atoms with Crippen LogP contribution in [0.2, 0.25) is 0 Å². The van der Waals surface area contributed by atoms with Crippen molar-refractivity contribution in [3.05, 3.63) is 11.9 Å². The van der Waals surface area contributed by atoms with Crippen molar-refractivity contribution in [1.82, 2.24) is 0 Å². The van der Waals surface area contributed by atoms with Crippen molar-refractivity contribution in [2.45, 2.75) is 32.1 Å². The quantitative estimate of drug-likeness (QED) is 0.795. The second kappa shape index (κ2) is 3.79. The molecule has 0 bridgehead atoms. The molecule has 2 aliphatic carbocycles. The summed E-state index contributed by atoms with van der Waals surface area (Å²) in [5, 5.41) is 8.94. The van der Waals surface area contributed by atoms with Gasteiger partial charge in [-0.15, -0.1) is 0 Å². The Kier molecular flexibility index (Phi) is 2.72. The molecule has 1 N–H and O–H groups in total. The standard InChI is InChI=1S/C11H13F3O2/c12-8(9(13)14)6-7(10(15)16)11(6)4-2-1-3-5-11/h6-7H,1-5H2,(H,15,16). The van der Waals surface area contributed by atoms with Crippen LogP contribution in [0, 0.1) is 17.3 Å². The third-order valence-electron chi connectivity index (χ3n) is 3.97. The molecule has 0 aromatic carbocycles. The van der Waals surface area contributed by atoms with Gasteiger partial charge in [0.25, 0.3) is 0 Å². The van der Waals surface area contributed by atoms with Crippen molar-refractivity contribution in [2.75, 3.05) is 0 Å². The Bertz CT molecular complexity index is 341. The molecule has 90 valence electrons. The van der Waals surface area contributed by atoms with Crippen LogP contribution in [0.3, 0.4) is 0 Å². The summed E-state index contributed by atoms with van der Waals surface area (Å²) in [5.74, 6) is -4.69. The van der Waals surface area contributed by atoms with Crippen LogP contribution in [0.1, 0.15) is 32.1 Å². The van der Waals surface area contributed by atoms with Crippen molar-refractivity contribution >= 4 is 5.97 Å². The Hall–Kier alpha value is -1.00. The van der Waals surface area contributed by atoms with Gasteiger partial charge >= 0.3 is 12.0 Å². The van der Waals surface area contributed by atoms with E-state index in [4.69, 9.17) is 5.11 Å². The average molecular weight is 234 g/mol. The highest BCUT2D eigenvalue weighted by Crippen LogP contribution is 2.69. The van der Waals surface area contributed by atoms with Gasteiger partial charge in [-0.25, -0.2) is 4.39 Å². The number of hydrogen-bond donors (Lipinski definition) is 1. The van der Waals surface area contributed by atoms with Crippen LogP contribution in [0.15, 0.2) is 11.9 Å². The van der Waals surface area contributed by atoms with Crippen LogP contribution >= 0.6 is 0 Å². The van der Waals surface area contributed by atoms with Crippen LogP contribution in [-0.2, 0) is 4.79 Å². The minimum atomic E-state index is -2.36. The third-order valence-corrected chi connectivity index (χ3v) is 3.97. The minimum absolute atomic E-state index is 0.551. The highest BCUT2D eigenvalue weighted by molar-refractivity contribution is 5.76. The SMILES string of the molecule is O=C(O)C1C(C(F)=C(F)F)C12CCCCC2. The fourth-order valence-electron chi connectivity index (χ4n) is 3.23. The number of aliphatic carboxylic acids is 1. The Morgan fingerprint density at radius 3 is 2.06 bits per heavy atom. The Balaban J connectivity index is 2.25. The molecule has 1 spiro atoms. The molecule has 2 aliphatic rings. The van der Waals surface area contributed by atoms with Crippen LogP contribution in [0.5, 0.6) is 0 Å². The zero-order valence-corrected chi connectivity index (χ0v) is 8.68. The molecule has 2 fully saturated rings. The summed E-state index contributed by atoms with van der Waals surface area (Å²) < 4.78 is 37.6. The zero-order valence-electron chi connectivity index (χ0n) is 8.68. The number of allylic oxidation sites excluding steroid dienone is 1. The van der Waals surface area contributed by atoms with E-state index in [1.54, 1.807) is 0 Å². The van der Waals surface area contributed by atoms with E-state index in [0.717, 1.165) is 19.3 Å². The van der Waals surface area contributed by atoms with Gasteiger partial charge in [0.05, 0.1) is 5.92 Å². The smallest absolute Gasteiger partial charge is 0.307 e. The molecule has 2 unspecified atom stereocenters. The van der Waals surface area contributed by atoms with Gasteiger partial charge in [-0.1, -0.05) is 19.3 Å². The second-order valence-electron chi connectivity index (χ2n) is 4.70. The molecule has 2 nitrogen and oxygen atoms in total. The summed E-state index contributed by atoms with van der Waals surface area (Å²) in [6.07, 6.45) is 1.33. The lowest BCUT2D eigenvalue weighted by molar-refractivity contribution is -0.139. The summed E-state index contributed by atoms with van der Waals surface area (Å²) >= 11 is 0. The van der Waals surface area contributed by atoms with Gasteiger partial charge in [0.15, 0.2) is 5.83 Å². The van der Waals surface area contributed by atoms with Gasteiger partial charge in [-0.3, -0.25) is 4.79 Å². The van der Waals surface area contributed by atoms with Crippen LogP contribution in [0.4, 0.5) is 13.2 Å². The maximum absolute atomic E-state index is 13.2.